The molecule has 1 saturated carbocycles. The van der Waals surface area contributed by atoms with Crippen molar-refractivity contribution in [3.8, 4) is 6.07 Å². The first kappa shape index (κ1) is 9.20. The molecule has 1 N–H and O–H groups in total. The quantitative estimate of drug-likeness (QED) is 0.903. The van der Waals surface area contributed by atoms with Crippen LogP contribution in [0, 0.1) is 11.3 Å². The van der Waals surface area contributed by atoms with Crippen LogP contribution in [-0.2, 0) is 0 Å². The van der Waals surface area contributed by atoms with Gasteiger partial charge in [-0.25, -0.2) is 0 Å². The fraction of sp³-hybridized carbons (Fsp3) is 0.444. The topological polar surface area (TPSA) is 35.8 Å². The average Bonchev–Trinajstić information content (AvgIpc) is 2.84. The van der Waals surface area contributed by atoms with E-state index in [1.807, 2.05) is 11.4 Å². The molecule has 0 aliphatic heterocycles. The van der Waals surface area contributed by atoms with Crippen molar-refractivity contribution in [1.82, 2.24) is 5.32 Å². The summed E-state index contributed by atoms with van der Waals surface area (Å²) in [5.74, 6) is 0. The van der Waals surface area contributed by atoms with E-state index < -0.39 is 0 Å². The van der Waals surface area contributed by atoms with Gasteiger partial charge in [0.25, 0.3) is 0 Å². The van der Waals surface area contributed by atoms with Gasteiger partial charge in [-0.1, -0.05) is 0 Å². The monoisotopic (exact) mass is 256 g/mol. The molecule has 0 bridgehead atoms. The molecule has 68 valence electrons. The third-order valence-electron chi connectivity index (χ3n) is 2.03. The molecule has 1 aromatic rings. The Hall–Kier alpha value is -0.370. The highest BCUT2D eigenvalue weighted by atomic mass is 79.9. The number of halogens is 1. The zero-order valence-electron chi connectivity index (χ0n) is 6.96. The molecule has 1 fully saturated rings. The van der Waals surface area contributed by atoms with Crippen molar-refractivity contribution in [1.29, 1.82) is 5.26 Å². The van der Waals surface area contributed by atoms with Gasteiger partial charge in [-0.15, -0.1) is 11.3 Å². The maximum Gasteiger partial charge on any atom is 0.122 e. The molecule has 0 spiro atoms. The lowest BCUT2D eigenvalue weighted by molar-refractivity contribution is 0.627. The second kappa shape index (κ2) is 3.79. The van der Waals surface area contributed by atoms with Crippen molar-refractivity contribution < 1.29 is 0 Å². The summed E-state index contributed by atoms with van der Waals surface area (Å²) in [5.41, 5.74) is 1.08. The molecule has 13 heavy (non-hydrogen) atoms. The Bertz CT molecular complexity index is 338. The highest BCUT2D eigenvalue weighted by molar-refractivity contribution is 9.11. The Morgan fingerprint density at radius 1 is 1.69 bits per heavy atom. The molecule has 1 aromatic heterocycles. The smallest absolute Gasteiger partial charge is 0.122 e. The first-order valence-corrected chi connectivity index (χ1v) is 5.86. The number of hydrogen-bond acceptors (Lipinski definition) is 3. The molecule has 1 heterocycles. The van der Waals surface area contributed by atoms with Crippen LogP contribution >= 0.6 is 27.3 Å². The van der Waals surface area contributed by atoms with E-state index in [1.165, 1.54) is 12.8 Å². The molecule has 0 radical (unpaired) electrons. The third kappa shape index (κ3) is 2.31. The SMILES string of the molecule is N#CC(NC1CC1)c1csc(Br)c1. The van der Waals surface area contributed by atoms with E-state index in [1.54, 1.807) is 11.3 Å². The van der Waals surface area contributed by atoms with Gasteiger partial charge in [0.2, 0.25) is 0 Å². The van der Waals surface area contributed by atoms with Gasteiger partial charge in [0.15, 0.2) is 0 Å². The lowest BCUT2D eigenvalue weighted by atomic mass is 10.2. The number of nitrogens with one attached hydrogen (secondary N) is 1. The summed E-state index contributed by atoms with van der Waals surface area (Å²) in [7, 11) is 0. The van der Waals surface area contributed by atoms with Crippen molar-refractivity contribution in [3.05, 3.63) is 20.8 Å². The molecular weight excluding hydrogens is 248 g/mol. The van der Waals surface area contributed by atoms with Crippen molar-refractivity contribution in [2.24, 2.45) is 0 Å². The summed E-state index contributed by atoms with van der Waals surface area (Å²) in [6.45, 7) is 0. The van der Waals surface area contributed by atoms with Gasteiger partial charge >= 0.3 is 0 Å². The molecule has 1 aliphatic carbocycles. The Morgan fingerprint density at radius 3 is 2.92 bits per heavy atom. The summed E-state index contributed by atoms with van der Waals surface area (Å²) in [4.78, 5) is 0. The number of hydrogen-bond donors (Lipinski definition) is 1. The number of nitrogens with zero attached hydrogens (tertiary/aromatic N) is 1. The number of rotatable bonds is 3. The normalized spacial score (nSPS) is 18.2. The van der Waals surface area contributed by atoms with Crippen LogP contribution in [0.4, 0.5) is 0 Å². The minimum Gasteiger partial charge on any atom is -0.295 e. The highest BCUT2D eigenvalue weighted by Gasteiger charge is 2.25. The molecule has 2 nitrogen and oxygen atoms in total. The summed E-state index contributed by atoms with van der Waals surface area (Å²) in [6.07, 6.45) is 2.42. The van der Waals surface area contributed by atoms with E-state index in [2.05, 4.69) is 27.3 Å². The standard InChI is InChI=1S/C9H9BrN2S/c10-9-3-6(5-13-9)8(4-11)12-7-1-2-7/h3,5,7-8,12H,1-2H2. The van der Waals surface area contributed by atoms with Gasteiger partial charge in [-0.2, -0.15) is 5.26 Å². The van der Waals surface area contributed by atoms with Gasteiger partial charge in [-0.05, 0) is 45.8 Å². The number of nitriles is 1. The van der Waals surface area contributed by atoms with E-state index in [0.29, 0.717) is 6.04 Å². The van der Waals surface area contributed by atoms with Crippen LogP contribution in [0.1, 0.15) is 24.4 Å². The summed E-state index contributed by atoms with van der Waals surface area (Å²) < 4.78 is 1.08. The Labute approximate surface area is 89.7 Å². The van der Waals surface area contributed by atoms with Gasteiger partial charge in [0, 0.05) is 6.04 Å². The van der Waals surface area contributed by atoms with Crippen LogP contribution in [-0.4, -0.2) is 6.04 Å². The minimum atomic E-state index is -0.130. The van der Waals surface area contributed by atoms with E-state index >= 15 is 0 Å². The summed E-state index contributed by atoms with van der Waals surface area (Å²) in [6, 6.07) is 4.73. The van der Waals surface area contributed by atoms with E-state index in [-0.39, 0.29) is 6.04 Å². The Balaban J connectivity index is 2.07. The van der Waals surface area contributed by atoms with Crippen LogP contribution in [0.2, 0.25) is 0 Å². The zero-order valence-corrected chi connectivity index (χ0v) is 9.36. The van der Waals surface area contributed by atoms with Gasteiger partial charge in [0.05, 0.1) is 9.86 Å². The first-order valence-electron chi connectivity index (χ1n) is 4.19. The second-order valence-corrected chi connectivity index (χ2v) is 5.48. The third-order valence-corrected chi connectivity index (χ3v) is 3.55. The Kier molecular flexibility index (Phi) is 2.68. The summed E-state index contributed by atoms with van der Waals surface area (Å²) in [5, 5.41) is 14.3. The maximum absolute atomic E-state index is 8.94. The maximum atomic E-state index is 8.94. The van der Waals surface area contributed by atoms with E-state index in [0.717, 1.165) is 9.35 Å². The largest absolute Gasteiger partial charge is 0.295 e. The predicted octanol–water partition coefficient (Wildman–Crippen LogP) is 2.83. The van der Waals surface area contributed by atoms with Crippen molar-refractivity contribution in [3.63, 3.8) is 0 Å². The van der Waals surface area contributed by atoms with Gasteiger partial charge < -0.3 is 0 Å². The molecule has 1 aliphatic rings. The molecule has 2 rings (SSSR count). The van der Waals surface area contributed by atoms with Gasteiger partial charge in [0.1, 0.15) is 6.04 Å². The van der Waals surface area contributed by atoms with Crippen LogP contribution in [0.3, 0.4) is 0 Å². The molecule has 0 amide bonds. The zero-order chi connectivity index (χ0) is 9.26. The molecule has 4 heteroatoms. The number of thiophene rings is 1. The lowest BCUT2D eigenvalue weighted by Gasteiger charge is -2.07. The van der Waals surface area contributed by atoms with Crippen LogP contribution < -0.4 is 5.32 Å². The van der Waals surface area contributed by atoms with Crippen LogP contribution in [0.25, 0.3) is 0 Å². The molecule has 1 unspecified atom stereocenters. The summed E-state index contributed by atoms with van der Waals surface area (Å²) >= 11 is 5.01. The molecule has 0 aromatic carbocycles. The van der Waals surface area contributed by atoms with E-state index in [4.69, 9.17) is 5.26 Å². The lowest BCUT2D eigenvalue weighted by Crippen LogP contribution is -2.21. The van der Waals surface area contributed by atoms with Crippen LogP contribution in [0.15, 0.2) is 15.2 Å². The molecular formula is C9H9BrN2S. The van der Waals surface area contributed by atoms with Crippen LogP contribution in [0.5, 0.6) is 0 Å². The highest BCUT2D eigenvalue weighted by Crippen LogP contribution is 2.28. The minimum absolute atomic E-state index is 0.130. The fourth-order valence-corrected chi connectivity index (χ4v) is 2.37. The predicted molar refractivity (Wildman–Crippen MR) is 56.5 cm³/mol. The van der Waals surface area contributed by atoms with Gasteiger partial charge in [-0.3, -0.25) is 5.32 Å². The second-order valence-electron chi connectivity index (χ2n) is 3.19. The fourth-order valence-electron chi connectivity index (χ4n) is 1.17. The molecule has 0 saturated heterocycles. The Morgan fingerprint density at radius 2 is 2.46 bits per heavy atom. The van der Waals surface area contributed by atoms with E-state index in [9.17, 15) is 0 Å². The molecule has 1 atom stereocenters. The van der Waals surface area contributed by atoms with Crippen molar-refractivity contribution in [2.45, 2.75) is 24.9 Å². The van der Waals surface area contributed by atoms with Crippen molar-refractivity contribution >= 4 is 27.3 Å². The first-order chi connectivity index (χ1) is 6.29. The van der Waals surface area contributed by atoms with Crippen molar-refractivity contribution in [2.75, 3.05) is 0 Å². The average molecular weight is 257 g/mol.